The third kappa shape index (κ3) is 2.00. The first-order valence-electron chi connectivity index (χ1n) is 5.69. The number of thiazole rings is 1. The number of rotatable bonds is 2. The van der Waals surface area contributed by atoms with Crippen molar-refractivity contribution in [2.45, 2.75) is 6.92 Å². The third-order valence-corrected chi connectivity index (χ3v) is 3.84. The smallest absolute Gasteiger partial charge is 0.356 e. The minimum Gasteiger partial charge on any atom is -0.476 e. The van der Waals surface area contributed by atoms with Crippen LogP contribution in [0.4, 0.5) is 0 Å². The van der Waals surface area contributed by atoms with E-state index in [0.29, 0.717) is 0 Å². The number of carbonyl (C=O) groups is 1. The Morgan fingerprint density at radius 1 is 1.37 bits per heavy atom. The van der Waals surface area contributed by atoms with Gasteiger partial charge in [0.15, 0.2) is 5.69 Å². The van der Waals surface area contributed by atoms with Crippen LogP contribution in [0.5, 0.6) is 0 Å². The molecule has 19 heavy (non-hydrogen) atoms. The molecule has 6 heteroatoms. The largest absolute Gasteiger partial charge is 0.476 e. The summed E-state index contributed by atoms with van der Waals surface area (Å²) in [5, 5.41) is 13.9. The van der Waals surface area contributed by atoms with E-state index in [2.05, 4.69) is 10.1 Å². The van der Waals surface area contributed by atoms with E-state index in [9.17, 15) is 4.79 Å². The zero-order valence-corrected chi connectivity index (χ0v) is 11.2. The second kappa shape index (κ2) is 4.17. The van der Waals surface area contributed by atoms with E-state index >= 15 is 0 Å². The average molecular weight is 273 g/mol. The lowest BCUT2D eigenvalue weighted by atomic mass is 10.1. The molecular weight excluding hydrogens is 262 g/mol. The zero-order chi connectivity index (χ0) is 13.6. The van der Waals surface area contributed by atoms with E-state index in [1.165, 1.54) is 0 Å². The lowest BCUT2D eigenvalue weighted by Gasteiger charge is -2.01. The molecule has 0 unspecified atom stereocenters. The Kier molecular flexibility index (Phi) is 2.60. The van der Waals surface area contributed by atoms with Gasteiger partial charge >= 0.3 is 5.97 Å². The first-order chi connectivity index (χ1) is 9.04. The van der Waals surface area contributed by atoms with Crippen LogP contribution in [0.15, 0.2) is 24.3 Å². The second-order valence-electron chi connectivity index (χ2n) is 4.26. The monoisotopic (exact) mass is 273 g/mol. The Bertz CT molecular complexity index is 788. The number of aromatic carboxylic acids is 1. The number of hydrogen-bond acceptors (Lipinski definition) is 4. The minimum absolute atomic E-state index is 0.0482. The van der Waals surface area contributed by atoms with Crippen molar-refractivity contribution in [2.75, 3.05) is 0 Å². The molecule has 0 aliphatic heterocycles. The Labute approximate surface area is 113 Å². The predicted octanol–water partition coefficient (Wildman–Crippen LogP) is 2.70. The summed E-state index contributed by atoms with van der Waals surface area (Å²) in [5.74, 6) is -1.02. The van der Waals surface area contributed by atoms with Gasteiger partial charge in [0, 0.05) is 12.6 Å². The molecular formula is C13H11N3O2S. The number of fused-ring (bicyclic) bond motifs is 1. The van der Waals surface area contributed by atoms with E-state index < -0.39 is 5.97 Å². The maximum atomic E-state index is 10.9. The summed E-state index contributed by atoms with van der Waals surface area (Å²) < 4.78 is 2.70. The molecule has 1 aromatic carbocycles. The van der Waals surface area contributed by atoms with Gasteiger partial charge in [0.05, 0.1) is 20.9 Å². The van der Waals surface area contributed by atoms with E-state index in [0.717, 1.165) is 26.5 Å². The summed E-state index contributed by atoms with van der Waals surface area (Å²) in [6.45, 7) is 1.97. The van der Waals surface area contributed by atoms with Crippen LogP contribution in [-0.4, -0.2) is 25.8 Å². The Morgan fingerprint density at radius 3 is 2.84 bits per heavy atom. The van der Waals surface area contributed by atoms with Crippen LogP contribution in [-0.2, 0) is 7.05 Å². The highest BCUT2D eigenvalue weighted by Gasteiger charge is 2.13. The lowest BCUT2D eigenvalue weighted by molar-refractivity contribution is 0.0689. The van der Waals surface area contributed by atoms with Crippen molar-refractivity contribution in [3.05, 3.63) is 35.0 Å². The van der Waals surface area contributed by atoms with Gasteiger partial charge in [-0.2, -0.15) is 5.10 Å². The van der Waals surface area contributed by atoms with Crippen LogP contribution in [0, 0.1) is 6.92 Å². The molecule has 5 nitrogen and oxygen atoms in total. The number of carboxylic acid groups (broad SMARTS) is 1. The quantitative estimate of drug-likeness (QED) is 0.779. The number of nitrogens with zero attached hydrogens (tertiary/aromatic N) is 3. The topological polar surface area (TPSA) is 68.0 Å². The molecule has 0 spiro atoms. The summed E-state index contributed by atoms with van der Waals surface area (Å²) in [6, 6.07) is 7.50. The fraction of sp³-hybridized carbons (Fsp3) is 0.154. The van der Waals surface area contributed by atoms with Crippen molar-refractivity contribution in [1.29, 1.82) is 0 Å². The van der Waals surface area contributed by atoms with Gasteiger partial charge in [-0.25, -0.2) is 9.78 Å². The van der Waals surface area contributed by atoms with Crippen LogP contribution in [0.1, 0.15) is 15.5 Å². The van der Waals surface area contributed by atoms with Gasteiger partial charge in [-0.05, 0) is 25.1 Å². The molecule has 0 atom stereocenters. The molecule has 2 aromatic heterocycles. The molecule has 1 N–H and O–H groups in total. The SMILES string of the molecule is Cc1nc2cc(-c3cc(C(=O)O)nn3C)ccc2s1. The fourth-order valence-electron chi connectivity index (χ4n) is 2.04. The average Bonchev–Trinajstić information content (AvgIpc) is 2.90. The summed E-state index contributed by atoms with van der Waals surface area (Å²) in [7, 11) is 1.73. The van der Waals surface area contributed by atoms with Crippen molar-refractivity contribution >= 4 is 27.5 Å². The fourth-order valence-corrected chi connectivity index (χ4v) is 2.85. The van der Waals surface area contributed by atoms with Gasteiger partial charge in [-0.1, -0.05) is 6.07 Å². The second-order valence-corrected chi connectivity index (χ2v) is 5.49. The van der Waals surface area contributed by atoms with Crippen LogP contribution in [0.25, 0.3) is 21.5 Å². The van der Waals surface area contributed by atoms with Crippen LogP contribution >= 0.6 is 11.3 Å². The van der Waals surface area contributed by atoms with E-state index in [4.69, 9.17) is 5.11 Å². The van der Waals surface area contributed by atoms with Crippen molar-refractivity contribution in [1.82, 2.24) is 14.8 Å². The molecule has 3 aromatic rings. The van der Waals surface area contributed by atoms with E-state index in [-0.39, 0.29) is 5.69 Å². The number of aromatic nitrogens is 3. The van der Waals surface area contributed by atoms with Gasteiger partial charge in [0.25, 0.3) is 0 Å². The molecule has 0 amide bonds. The molecule has 0 saturated heterocycles. The van der Waals surface area contributed by atoms with Crippen LogP contribution < -0.4 is 0 Å². The minimum atomic E-state index is -1.02. The first kappa shape index (κ1) is 11.9. The number of hydrogen-bond donors (Lipinski definition) is 1. The van der Waals surface area contributed by atoms with Gasteiger partial charge in [0.1, 0.15) is 0 Å². The summed E-state index contributed by atoms with van der Waals surface area (Å²) in [4.78, 5) is 15.4. The van der Waals surface area contributed by atoms with Crippen molar-refractivity contribution in [3.63, 3.8) is 0 Å². The maximum Gasteiger partial charge on any atom is 0.356 e. The molecule has 3 rings (SSSR count). The van der Waals surface area contributed by atoms with Crippen LogP contribution in [0.3, 0.4) is 0 Å². The normalized spacial score (nSPS) is 11.1. The van der Waals surface area contributed by atoms with Crippen molar-refractivity contribution in [2.24, 2.45) is 7.05 Å². The van der Waals surface area contributed by atoms with Gasteiger partial charge in [0.2, 0.25) is 0 Å². The highest BCUT2D eigenvalue weighted by molar-refractivity contribution is 7.18. The van der Waals surface area contributed by atoms with Crippen LogP contribution in [0.2, 0.25) is 0 Å². The molecule has 0 saturated carbocycles. The number of aryl methyl sites for hydroxylation is 2. The molecule has 2 heterocycles. The number of benzene rings is 1. The Balaban J connectivity index is 2.15. The van der Waals surface area contributed by atoms with Crippen molar-refractivity contribution in [3.8, 4) is 11.3 Å². The molecule has 0 bridgehead atoms. The first-order valence-corrected chi connectivity index (χ1v) is 6.51. The van der Waals surface area contributed by atoms with Gasteiger partial charge < -0.3 is 5.11 Å². The van der Waals surface area contributed by atoms with Gasteiger partial charge in [-0.3, -0.25) is 4.68 Å². The summed E-state index contributed by atoms with van der Waals surface area (Å²) >= 11 is 1.64. The van der Waals surface area contributed by atoms with E-state index in [1.54, 1.807) is 29.1 Å². The highest BCUT2D eigenvalue weighted by Crippen LogP contribution is 2.27. The maximum absolute atomic E-state index is 10.9. The molecule has 0 fully saturated rings. The Morgan fingerprint density at radius 2 is 2.16 bits per heavy atom. The molecule has 96 valence electrons. The molecule has 0 radical (unpaired) electrons. The predicted molar refractivity (Wildman–Crippen MR) is 73.5 cm³/mol. The molecule has 0 aliphatic carbocycles. The summed E-state index contributed by atoms with van der Waals surface area (Å²) in [5.41, 5.74) is 2.66. The highest BCUT2D eigenvalue weighted by atomic mass is 32.1. The van der Waals surface area contributed by atoms with E-state index in [1.807, 2.05) is 25.1 Å². The number of carboxylic acids is 1. The zero-order valence-electron chi connectivity index (χ0n) is 10.4. The standard InChI is InChI=1S/C13H11N3O2S/c1-7-14-9-5-8(3-4-12(9)19-7)11-6-10(13(17)18)15-16(11)2/h3-6H,1-2H3,(H,17,18). The lowest BCUT2D eigenvalue weighted by Crippen LogP contribution is -1.99. The molecule has 0 aliphatic rings. The third-order valence-electron chi connectivity index (χ3n) is 2.89. The van der Waals surface area contributed by atoms with Gasteiger partial charge in [-0.15, -0.1) is 11.3 Å². The summed E-state index contributed by atoms with van der Waals surface area (Å²) in [6.07, 6.45) is 0. The van der Waals surface area contributed by atoms with Crippen molar-refractivity contribution < 1.29 is 9.90 Å². The Hall–Kier alpha value is -2.21.